The van der Waals surface area contributed by atoms with E-state index in [1.165, 1.54) is 14.7 Å². The van der Waals surface area contributed by atoms with E-state index < -0.39 is 0 Å². The SMILES string of the molecule is C[C@@H]1NCc2c(I)cccc21.Cl. The zero-order valence-electron chi connectivity index (χ0n) is 6.80. The van der Waals surface area contributed by atoms with Crippen LogP contribution < -0.4 is 5.32 Å². The standard InChI is InChI=1S/C9H10IN.ClH/c1-6-7-3-2-4-9(10)8(7)5-11-6;/h2-4,6,11H,5H2,1H3;1H/t6-;/m0./s1. The van der Waals surface area contributed by atoms with Gasteiger partial charge in [-0.3, -0.25) is 0 Å². The second-order valence-electron chi connectivity index (χ2n) is 2.91. The predicted molar refractivity (Wildman–Crippen MR) is 61.7 cm³/mol. The first-order chi connectivity index (χ1) is 5.29. The average molecular weight is 296 g/mol. The highest BCUT2D eigenvalue weighted by atomic mass is 127. The van der Waals surface area contributed by atoms with Crippen LogP contribution in [0.25, 0.3) is 0 Å². The summed E-state index contributed by atoms with van der Waals surface area (Å²) in [4.78, 5) is 0. The van der Waals surface area contributed by atoms with Crippen LogP contribution in [0.2, 0.25) is 0 Å². The predicted octanol–water partition coefficient (Wildman–Crippen LogP) is 2.88. The Morgan fingerprint density at radius 1 is 1.50 bits per heavy atom. The van der Waals surface area contributed by atoms with Gasteiger partial charge in [0.25, 0.3) is 0 Å². The van der Waals surface area contributed by atoms with E-state index in [1.807, 2.05) is 0 Å². The first kappa shape index (κ1) is 10.3. The summed E-state index contributed by atoms with van der Waals surface area (Å²) < 4.78 is 1.39. The molecular weight excluding hydrogens is 284 g/mol. The van der Waals surface area contributed by atoms with Gasteiger partial charge in [0.05, 0.1) is 0 Å². The minimum atomic E-state index is 0. The molecule has 2 rings (SSSR count). The number of nitrogens with one attached hydrogen (secondary N) is 1. The molecule has 1 aromatic rings. The molecule has 1 heterocycles. The van der Waals surface area contributed by atoms with Crippen LogP contribution in [0.4, 0.5) is 0 Å². The van der Waals surface area contributed by atoms with E-state index in [9.17, 15) is 0 Å². The van der Waals surface area contributed by atoms with Gasteiger partial charge in [0.15, 0.2) is 0 Å². The van der Waals surface area contributed by atoms with Crippen molar-refractivity contribution in [2.24, 2.45) is 0 Å². The van der Waals surface area contributed by atoms with Crippen molar-refractivity contribution in [3.8, 4) is 0 Å². The van der Waals surface area contributed by atoms with Crippen molar-refractivity contribution >= 4 is 35.0 Å². The highest BCUT2D eigenvalue weighted by Gasteiger charge is 2.18. The van der Waals surface area contributed by atoms with Crippen molar-refractivity contribution in [1.29, 1.82) is 0 Å². The maximum Gasteiger partial charge on any atom is 0.0298 e. The summed E-state index contributed by atoms with van der Waals surface area (Å²) in [7, 11) is 0. The molecule has 0 radical (unpaired) electrons. The van der Waals surface area contributed by atoms with E-state index in [0.29, 0.717) is 6.04 Å². The second kappa shape index (κ2) is 3.94. The maximum absolute atomic E-state index is 3.42. The lowest BCUT2D eigenvalue weighted by atomic mass is 10.1. The van der Waals surface area contributed by atoms with E-state index >= 15 is 0 Å². The summed E-state index contributed by atoms with van der Waals surface area (Å²) in [6.07, 6.45) is 0. The van der Waals surface area contributed by atoms with Gasteiger partial charge >= 0.3 is 0 Å². The molecule has 1 aliphatic rings. The second-order valence-corrected chi connectivity index (χ2v) is 4.07. The summed E-state index contributed by atoms with van der Waals surface area (Å²) in [6.45, 7) is 3.25. The van der Waals surface area contributed by atoms with Crippen LogP contribution >= 0.6 is 35.0 Å². The normalized spacial score (nSPS) is 20.0. The molecule has 1 atom stereocenters. The van der Waals surface area contributed by atoms with Gasteiger partial charge in [0, 0.05) is 16.2 Å². The van der Waals surface area contributed by atoms with E-state index in [4.69, 9.17) is 0 Å². The molecular formula is C9H11ClIN. The van der Waals surface area contributed by atoms with Crippen molar-refractivity contribution < 1.29 is 0 Å². The number of hydrogen-bond acceptors (Lipinski definition) is 1. The number of hydrogen-bond donors (Lipinski definition) is 1. The van der Waals surface area contributed by atoms with Crippen LogP contribution in [0.15, 0.2) is 18.2 Å². The van der Waals surface area contributed by atoms with Crippen molar-refractivity contribution in [3.63, 3.8) is 0 Å². The Kier molecular flexibility index (Phi) is 3.37. The Labute approximate surface area is 92.5 Å². The minimum absolute atomic E-state index is 0. The zero-order valence-corrected chi connectivity index (χ0v) is 9.78. The fourth-order valence-electron chi connectivity index (χ4n) is 1.53. The first-order valence-electron chi connectivity index (χ1n) is 3.79. The quantitative estimate of drug-likeness (QED) is 0.726. The summed E-state index contributed by atoms with van der Waals surface area (Å²) >= 11 is 2.40. The first-order valence-corrected chi connectivity index (χ1v) is 4.87. The van der Waals surface area contributed by atoms with Crippen LogP contribution in [-0.2, 0) is 6.54 Å². The van der Waals surface area contributed by atoms with Gasteiger partial charge < -0.3 is 5.32 Å². The molecule has 0 aliphatic carbocycles. The van der Waals surface area contributed by atoms with Crippen LogP contribution in [0.1, 0.15) is 24.1 Å². The highest BCUT2D eigenvalue weighted by molar-refractivity contribution is 14.1. The molecule has 0 saturated heterocycles. The summed E-state index contributed by atoms with van der Waals surface area (Å²) in [5.41, 5.74) is 2.96. The van der Waals surface area contributed by atoms with Gasteiger partial charge in [-0.1, -0.05) is 12.1 Å². The molecule has 0 unspecified atom stereocenters. The molecule has 1 aromatic carbocycles. The molecule has 12 heavy (non-hydrogen) atoms. The zero-order chi connectivity index (χ0) is 7.84. The molecule has 0 bridgehead atoms. The molecule has 0 aromatic heterocycles. The lowest BCUT2D eigenvalue weighted by Gasteiger charge is -2.03. The van der Waals surface area contributed by atoms with Crippen LogP contribution in [0, 0.1) is 3.57 Å². The molecule has 3 heteroatoms. The smallest absolute Gasteiger partial charge is 0.0298 e. The van der Waals surface area contributed by atoms with Gasteiger partial charge in [0.1, 0.15) is 0 Å². The molecule has 0 saturated carbocycles. The molecule has 1 N–H and O–H groups in total. The monoisotopic (exact) mass is 295 g/mol. The fourth-order valence-corrected chi connectivity index (χ4v) is 2.24. The van der Waals surface area contributed by atoms with Crippen molar-refractivity contribution in [3.05, 3.63) is 32.9 Å². The Morgan fingerprint density at radius 2 is 2.25 bits per heavy atom. The molecule has 66 valence electrons. The number of benzene rings is 1. The Balaban J connectivity index is 0.000000720. The number of rotatable bonds is 0. The molecule has 1 aliphatic heterocycles. The Hall–Kier alpha value is 0.200. The molecule has 0 amide bonds. The lowest BCUT2D eigenvalue weighted by molar-refractivity contribution is 0.633. The Bertz CT molecular complexity index is 288. The van der Waals surface area contributed by atoms with Crippen molar-refractivity contribution in [2.45, 2.75) is 19.5 Å². The van der Waals surface area contributed by atoms with Crippen molar-refractivity contribution in [1.82, 2.24) is 5.32 Å². The van der Waals surface area contributed by atoms with Gasteiger partial charge in [-0.25, -0.2) is 0 Å². The third-order valence-electron chi connectivity index (χ3n) is 2.21. The van der Waals surface area contributed by atoms with E-state index in [2.05, 4.69) is 53.0 Å². The number of halogens is 2. The molecule has 0 spiro atoms. The third-order valence-corrected chi connectivity index (χ3v) is 3.22. The fraction of sp³-hybridized carbons (Fsp3) is 0.333. The molecule has 0 fully saturated rings. The van der Waals surface area contributed by atoms with Crippen LogP contribution in [0.3, 0.4) is 0 Å². The maximum atomic E-state index is 3.42. The van der Waals surface area contributed by atoms with E-state index in [1.54, 1.807) is 0 Å². The largest absolute Gasteiger partial charge is 0.306 e. The summed E-state index contributed by atoms with van der Waals surface area (Å²) in [6, 6.07) is 7.05. The minimum Gasteiger partial charge on any atom is -0.306 e. The van der Waals surface area contributed by atoms with E-state index in [0.717, 1.165) is 6.54 Å². The topological polar surface area (TPSA) is 12.0 Å². The summed E-state index contributed by atoms with van der Waals surface area (Å²) in [5.74, 6) is 0. The van der Waals surface area contributed by atoms with Crippen LogP contribution in [-0.4, -0.2) is 0 Å². The average Bonchev–Trinajstić information content (AvgIpc) is 2.35. The summed E-state index contributed by atoms with van der Waals surface area (Å²) in [5, 5.41) is 3.42. The third kappa shape index (κ3) is 1.60. The van der Waals surface area contributed by atoms with Crippen LogP contribution in [0.5, 0.6) is 0 Å². The van der Waals surface area contributed by atoms with E-state index in [-0.39, 0.29) is 12.4 Å². The van der Waals surface area contributed by atoms with Crippen molar-refractivity contribution in [2.75, 3.05) is 0 Å². The van der Waals surface area contributed by atoms with Gasteiger partial charge in [0.2, 0.25) is 0 Å². The lowest BCUT2D eigenvalue weighted by Crippen LogP contribution is -2.06. The van der Waals surface area contributed by atoms with Gasteiger partial charge in [-0.2, -0.15) is 0 Å². The highest BCUT2D eigenvalue weighted by Crippen LogP contribution is 2.27. The van der Waals surface area contributed by atoms with Gasteiger partial charge in [-0.15, -0.1) is 12.4 Å². The number of fused-ring (bicyclic) bond motifs is 1. The van der Waals surface area contributed by atoms with Gasteiger partial charge in [-0.05, 0) is 46.7 Å². The molecule has 1 nitrogen and oxygen atoms in total. The Morgan fingerprint density at radius 3 is 2.92 bits per heavy atom.